The third-order valence-electron chi connectivity index (χ3n) is 4.68. The molecule has 0 amide bonds. The van der Waals surface area contributed by atoms with Crippen molar-refractivity contribution in [3.63, 3.8) is 0 Å². The number of hydrogen-bond donors (Lipinski definition) is 1. The molecule has 1 N–H and O–H groups in total. The van der Waals surface area contributed by atoms with Crippen LogP contribution in [0.15, 0.2) is 42.5 Å². The summed E-state index contributed by atoms with van der Waals surface area (Å²) < 4.78 is 0. The summed E-state index contributed by atoms with van der Waals surface area (Å²) in [6, 6.07) is 12.6. The molecule has 1 saturated heterocycles. The predicted molar refractivity (Wildman–Crippen MR) is 114 cm³/mol. The first-order valence-electron chi connectivity index (χ1n) is 9.88. The average molecular weight is 366 g/mol. The van der Waals surface area contributed by atoms with Crippen molar-refractivity contribution in [2.75, 3.05) is 49.5 Å². The molecule has 1 aliphatic heterocycles. The minimum Gasteiger partial charge on any atom is -0.354 e. The van der Waals surface area contributed by atoms with Gasteiger partial charge in [0.1, 0.15) is 5.82 Å². The molecule has 3 rings (SSSR count). The Morgan fingerprint density at radius 2 is 1.81 bits per heavy atom. The van der Waals surface area contributed by atoms with E-state index in [4.69, 9.17) is 4.98 Å². The summed E-state index contributed by atoms with van der Waals surface area (Å²) in [6.45, 7) is 12.4. The van der Waals surface area contributed by atoms with E-state index >= 15 is 0 Å². The Hall–Kier alpha value is -2.40. The van der Waals surface area contributed by atoms with Gasteiger partial charge in [-0.25, -0.2) is 4.98 Å². The third kappa shape index (κ3) is 6.07. The number of aromatic nitrogens is 2. The molecule has 0 unspecified atom stereocenters. The highest BCUT2D eigenvalue weighted by molar-refractivity contribution is 5.49. The second-order valence-electron chi connectivity index (χ2n) is 7.57. The zero-order chi connectivity index (χ0) is 19.1. The van der Waals surface area contributed by atoms with Crippen molar-refractivity contribution in [1.82, 2.24) is 14.9 Å². The summed E-state index contributed by atoms with van der Waals surface area (Å²) >= 11 is 0. The zero-order valence-electron chi connectivity index (χ0n) is 16.7. The first kappa shape index (κ1) is 19.4. The third-order valence-corrected chi connectivity index (χ3v) is 4.68. The van der Waals surface area contributed by atoms with E-state index < -0.39 is 0 Å². The van der Waals surface area contributed by atoms with Gasteiger partial charge in [0.05, 0.1) is 0 Å². The number of piperazine rings is 1. The maximum atomic E-state index is 4.73. The number of nitrogens with zero attached hydrogens (tertiary/aromatic N) is 4. The van der Waals surface area contributed by atoms with Crippen molar-refractivity contribution >= 4 is 17.8 Å². The fraction of sp³-hybridized carbons (Fsp3) is 0.455. The van der Waals surface area contributed by atoms with Crippen molar-refractivity contribution in [2.45, 2.75) is 20.8 Å². The van der Waals surface area contributed by atoms with Crippen molar-refractivity contribution in [2.24, 2.45) is 5.92 Å². The molecule has 1 aromatic carbocycles. The number of benzene rings is 1. The molecule has 0 atom stereocenters. The van der Waals surface area contributed by atoms with E-state index in [1.54, 1.807) is 0 Å². The number of anilines is 2. The van der Waals surface area contributed by atoms with Crippen LogP contribution >= 0.6 is 0 Å². The van der Waals surface area contributed by atoms with Gasteiger partial charge in [0.2, 0.25) is 5.95 Å². The summed E-state index contributed by atoms with van der Waals surface area (Å²) in [5, 5.41) is 3.35. The lowest BCUT2D eigenvalue weighted by molar-refractivity contribution is 0.283. The Labute approximate surface area is 163 Å². The van der Waals surface area contributed by atoms with Gasteiger partial charge in [-0.1, -0.05) is 56.3 Å². The van der Waals surface area contributed by atoms with Gasteiger partial charge in [-0.2, -0.15) is 4.98 Å². The van der Waals surface area contributed by atoms with E-state index in [1.807, 2.05) is 6.92 Å². The highest BCUT2D eigenvalue weighted by Gasteiger charge is 2.18. The predicted octanol–water partition coefficient (Wildman–Crippen LogP) is 3.69. The molecule has 2 heterocycles. The minimum atomic E-state index is 0.574. The normalized spacial score (nSPS) is 15.6. The summed E-state index contributed by atoms with van der Waals surface area (Å²) in [6.07, 6.45) is 4.46. The van der Waals surface area contributed by atoms with Crippen molar-refractivity contribution in [3.8, 4) is 0 Å². The number of rotatable bonds is 7. The van der Waals surface area contributed by atoms with Crippen molar-refractivity contribution in [1.29, 1.82) is 0 Å². The molecule has 0 saturated carbocycles. The van der Waals surface area contributed by atoms with Gasteiger partial charge in [0.15, 0.2) is 0 Å². The monoisotopic (exact) mass is 365 g/mol. The van der Waals surface area contributed by atoms with Crippen LogP contribution in [0.4, 0.5) is 11.8 Å². The molecule has 5 heteroatoms. The smallest absolute Gasteiger partial charge is 0.224 e. The van der Waals surface area contributed by atoms with E-state index in [0.29, 0.717) is 5.92 Å². The minimum absolute atomic E-state index is 0.574. The zero-order valence-corrected chi connectivity index (χ0v) is 16.7. The van der Waals surface area contributed by atoms with Crippen LogP contribution in [0.5, 0.6) is 0 Å². The first-order chi connectivity index (χ1) is 13.1. The van der Waals surface area contributed by atoms with Crippen LogP contribution in [0.2, 0.25) is 0 Å². The van der Waals surface area contributed by atoms with Crippen molar-refractivity contribution in [3.05, 3.63) is 53.7 Å². The molecular weight excluding hydrogens is 334 g/mol. The van der Waals surface area contributed by atoms with E-state index in [1.165, 1.54) is 5.56 Å². The summed E-state index contributed by atoms with van der Waals surface area (Å²) in [5.41, 5.74) is 2.27. The first-order valence-corrected chi connectivity index (χ1v) is 9.88. The second-order valence-corrected chi connectivity index (χ2v) is 7.57. The molecule has 1 aliphatic rings. The fourth-order valence-electron chi connectivity index (χ4n) is 3.15. The summed E-state index contributed by atoms with van der Waals surface area (Å²) in [7, 11) is 0. The molecule has 0 aliphatic carbocycles. The fourth-order valence-corrected chi connectivity index (χ4v) is 3.15. The maximum absolute atomic E-state index is 4.73. The van der Waals surface area contributed by atoms with Gasteiger partial charge in [0.25, 0.3) is 0 Å². The van der Waals surface area contributed by atoms with E-state index in [2.05, 4.69) is 82.5 Å². The van der Waals surface area contributed by atoms with E-state index in [0.717, 1.165) is 56.7 Å². The average Bonchev–Trinajstić information content (AvgIpc) is 2.67. The number of aryl methyl sites for hydroxylation is 1. The highest BCUT2D eigenvalue weighted by Crippen LogP contribution is 2.17. The molecule has 0 bridgehead atoms. The van der Waals surface area contributed by atoms with Gasteiger partial charge in [0, 0.05) is 51.0 Å². The van der Waals surface area contributed by atoms with Gasteiger partial charge < -0.3 is 10.2 Å². The Morgan fingerprint density at radius 1 is 1.07 bits per heavy atom. The van der Waals surface area contributed by atoms with Gasteiger partial charge in [-0.3, -0.25) is 4.90 Å². The van der Waals surface area contributed by atoms with Crippen LogP contribution in [0.1, 0.15) is 25.1 Å². The Balaban J connectivity index is 1.52. The maximum Gasteiger partial charge on any atom is 0.224 e. The second kappa shape index (κ2) is 9.51. The van der Waals surface area contributed by atoms with E-state index in [-0.39, 0.29) is 0 Å². The molecule has 1 fully saturated rings. The largest absolute Gasteiger partial charge is 0.354 e. The van der Waals surface area contributed by atoms with Crippen LogP contribution in [0.25, 0.3) is 6.08 Å². The lowest BCUT2D eigenvalue weighted by Crippen LogP contribution is -2.46. The van der Waals surface area contributed by atoms with E-state index in [9.17, 15) is 0 Å². The molecule has 144 valence electrons. The van der Waals surface area contributed by atoms with Crippen LogP contribution in [-0.2, 0) is 0 Å². The molecule has 0 radical (unpaired) electrons. The van der Waals surface area contributed by atoms with Crippen LogP contribution in [-0.4, -0.2) is 54.1 Å². The Morgan fingerprint density at radius 3 is 2.52 bits per heavy atom. The van der Waals surface area contributed by atoms with Crippen LogP contribution in [0.3, 0.4) is 0 Å². The van der Waals surface area contributed by atoms with Crippen LogP contribution < -0.4 is 10.2 Å². The molecule has 0 spiro atoms. The Kier molecular flexibility index (Phi) is 6.82. The molecular formula is C22H31N5. The summed E-state index contributed by atoms with van der Waals surface area (Å²) in [5.74, 6) is 2.35. The molecule has 5 nitrogen and oxygen atoms in total. The van der Waals surface area contributed by atoms with Gasteiger partial charge in [-0.15, -0.1) is 0 Å². The standard InChI is InChI=1S/C22H31N5/c1-18(2)17-23-22-24-19(3)16-21(25-22)27-14-12-26(13-15-27)11-7-10-20-8-5-4-6-9-20/h4-10,16,18H,11-15,17H2,1-3H3,(H,23,24,25)/b10-7+. The lowest BCUT2D eigenvalue weighted by Gasteiger charge is -2.35. The topological polar surface area (TPSA) is 44.3 Å². The number of hydrogen-bond acceptors (Lipinski definition) is 5. The summed E-state index contributed by atoms with van der Waals surface area (Å²) in [4.78, 5) is 14.1. The van der Waals surface area contributed by atoms with Crippen molar-refractivity contribution < 1.29 is 0 Å². The lowest BCUT2D eigenvalue weighted by atomic mass is 10.2. The quantitative estimate of drug-likeness (QED) is 0.811. The van der Waals surface area contributed by atoms with Crippen LogP contribution in [0, 0.1) is 12.8 Å². The molecule has 2 aromatic rings. The molecule has 1 aromatic heterocycles. The number of nitrogens with one attached hydrogen (secondary N) is 1. The van der Waals surface area contributed by atoms with Gasteiger partial charge >= 0.3 is 0 Å². The highest BCUT2D eigenvalue weighted by atomic mass is 15.3. The molecule has 27 heavy (non-hydrogen) atoms. The SMILES string of the molecule is Cc1cc(N2CCN(C/C=C/c3ccccc3)CC2)nc(NCC(C)C)n1. The Bertz CT molecular complexity index is 734. The van der Waals surface area contributed by atoms with Gasteiger partial charge in [-0.05, 0) is 18.4 Å².